The van der Waals surface area contributed by atoms with Crippen LogP contribution < -0.4 is 26.6 Å². The number of hydrogen-bond acceptors (Lipinski definition) is 9. The zero-order chi connectivity index (χ0) is 40.3. The first-order valence-electron chi connectivity index (χ1n) is 18.2. The monoisotopic (exact) mass is 791 g/mol. The van der Waals surface area contributed by atoms with Crippen LogP contribution in [0.15, 0.2) is 119 Å². The predicted octanol–water partition coefficient (Wildman–Crippen LogP) is 3.01. The van der Waals surface area contributed by atoms with E-state index in [2.05, 4.69) is 26.6 Å². The number of rotatable bonds is 8. The van der Waals surface area contributed by atoms with Gasteiger partial charge in [0.2, 0.25) is 23.6 Å². The number of aliphatic hydroxyl groups excluding tert-OH is 1. The van der Waals surface area contributed by atoms with Gasteiger partial charge >= 0.3 is 5.97 Å². The molecule has 2 aliphatic heterocycles. The lowest BCUT2D eigenvalue weighted by molar-refractivity contribution is -0.142. The van der Waals surface area contributed by atoms with E-state index in [1.165, 1.54) is 29.7 Å². The van der Waals surface area contributed by atoms with Crippen LogP contribution in [0.2, 0.25) is 0 Å². The lowest BCUT2D eigenvalue weighted by atomic mass is 9.99. The number of aliphatic hydroxyl groups is 1. The number of aliphatic carboxylic acids is 1. The smallest absolute Gasteiger partial charge is 0.326 e. The van der Waals surface area contributed by atoms with Crippen molar-refractivity contribution in [3.05, 3.63) is 137 Å². The van der Waals surface area contributed by atoms with Gasteiger partial charge in [-0.1, -0.05) is 72.8 Å². The number of carboxylic acid groups (broad SMARTS) is 1. The molecule has 0 saturated carbocycles. The third-order valence-electron chi connectivity index (χ3n) is 9.35. The van der Waals surface area contributed by atoms with E-state index in [-0.39, 0.29) is 31.4 Å². The number of carbonyl (C=O) groups excluding carboxylic acids is 5. The highest BCUT2D eigenvalue weighted by Crippen LogP contribution is 2.21. The summed E-state index contributed by atoms with van der Waals surface area (Å²) in [6, 6.07) is 24.6. The summed E-state index contributed by atoms with van der Waals surface area (Å²) < 4.78 is 5.48. The number of thiophene rings is 1. The second-order valence-electron chi connectivity index (χ2n) is 13.6. The Morgan fingerprint density at radius 2 is 1.30 bits per heavy atom. The molecular formula is C42H41N5O9S. The average molecular weight is 792 g/mol. The second kappa shape index (κ2) is 18.8. The number of benzene rings is 3. The van der Waals surface area contributed by atoms with Gasteiger partial charge in [-0.2, -0.15) is 0 Å². The molecule has 7 rings (SSSR count). The van der Waals surface area contributed by atoms with Crippen LogP contribution in [-0.2, 0) is 54.5 Å². The predicted molar refractivity (Wildman–Crippen MR) is 211 cm³/mol. The number of furan rings is 1. The van der Waals surface area contributed by atoms with Gasteiger partial charge in [-0.25, -0.2) is 4.79 Å². The first kappa shape index (κ1) is 40.1. The van der Waals surface area contributed by atoms with Gasteiger partial charge in [-0.3, -0.25) is 24.0 Å². The van der Waals surface area contributed by atoms with Gasteiger partial charge in [-0.05, 0) is 58.0 Å². The minimum absolute atomic E-state index is 0.0318. The Labute approximate surface area is 331 Å². The van der Waals surface area contributed by atoms with Crippen molar-refractivity contribution in [2.45, 2.75) is 62.4 Å². The zero-order valence-electron chi connectivity index (χ0n) is 30.6. The Bertz CT molecular complexity index is 2160. The molecule has 294 valence electrons. The van der Waals surface area contributed by atoms with Crippen molar-refractivity contribution in [1.82, 2.24) is 21.3 Å². The first-order chi connectivity index (χ1) is 27.5. The summed E-state index contributed by atoms with van der Waals surface area (Å²) in [7, 11) is 0. The topological polar surface area (TPSA) is 216 Å². The first-order valence-corrected chi connectivity index (χ1v) is 19.1. The molecule has 0 fully saturated rings. The van der Waals surface area contributed by atoms with Crippen LogP contribution in [0.25, 0.3) is 11.1 Å². The van der Waals surface area contributed by atoms with E-state index in [1.54, 1.807) is 41.8 Å². The average Bonchev–Trinajstić information content (AvgIpc) is 3.93. The molecule has 2 bridgehead atoms. The molecule has 7 N–H and O–H groups in total. The molecule has 0 spiro atoms. The van der Waals surface area contributed by atoms with E-state index in [9.17, 15) is 39.0 Å². The largest absolute Gasteiger partial charge is 0.480 e. The van der Waals surface area contributed by atoms with Crippen LogP contribution in [0, 0.1) is 0 Å². The maximum Gasteiger partial charge on any atom is 0.326 e. The van der Waals surface area contributed by atoms with Crippen molar-refractivity contribution in [2.24, 2.45) is 0 Å². The van der Waals surface area contributed by atoms with Gasteiger partial charge in [0, 0.05) is 36.2 Å². The fourth-order valence-corrected chi connectivity index (χ4v) is 7.06. The van der Waals surface area contributed by atoms with Gasteiger partial charge in [0.25, 0.3) is 5.91 Å². The van der Waals surface area contributed by atoms with E-state index < -0.39 is 72.2 Å². The summed E-state index contributed by atoms with van der Waals surface area (Å²) in [5.41, 5.74) is 3.33. The number of hydrogen-bond donors (Lipinski definition) is 7. The maximum atomic E-state index is 14.3. The van der Waals surface area contributed by atoms with Crippen LogP contribution in [0.4, 0.5) is 5.69 Å². The summed E-state index contributed by atoms with van der Waals surface area (Å²) in [5.74, 6) is -4.97. The van der Waals surface area contributed by atoms with E-state index in [4.69, 9.17) is 4.42 Å². The maximum absolute atomic E-state index is 14.3. The van der Waals surface area contributed by atoms with Crippen molar-refractivity contribution < 1.29 is 43.4 Å². The Morgan fingerprint density at radius 3 is 1.93 bits per heavy atom. The summed E-state index contributed by atoms with van der Waals surface area (Å²) in [4.78, 5) is 81.5. The van der Waals surface area contributed by atoms with Crippen LogP contribution in [0.1, 0.15) is 28.2 Å². The molecular weight excluding hydrogens is 751 g/mol. The third kappa shape index (κ3) is 11.2. The van der Waals surface area contributed by atoms with Crippen molar-refractivity contribution in [3.8, 4) is 11.1 Å². The Morgan fingerprint density at radius 1 is 0.649 bits per heavy atom. The Kier molecular flexibility index (Phi) is 13.3. The number of anilines is 1. The van der Waals surface area contributed by atoms with Crippen molar-refractivity contribution in [1.29, 1.82) is 0 Å². The van der Waals surface area contributed by atoms with Crippen LogP contribution in [0.3, 0.4) is 0 Å². The minimum Gasteiger partial charge on any atom is -0.480 e. The number of carboxylic acids is 1. The summed E-state index contributed by atoms with van der Waals surface area (Å²) >= 11 is 1.35. The Hall–Kier alpha value is -6.58. The van der Waals surface area contributed by atoms with E-state index >= 15 is 0 Å². The summed E-state index contributed by atoms with van der Waals surface area (Å²) in [6.07, 6.45) is -1.34. The number of amides is 5. The lowest BCUT2D eigenvalue weighted by Gasteiger charge is -2.26. The van der Waals surface area contributed by atoms with Gasteiger partial charge < -0.3 is 41.2 Å². The highest BCUT2D eigenvalue weighted by molar-refractivity contribution is 7.09. The molecule has 3 aromatic carbocycles. The van der Waals surface area contributed by atoms with Crippen molar-refractivity contribution in [3.63, 3.8) is 0 Å². The van der Waals surface area contributed by atoms with Crippen LogP contribution >= 0.6 is 11.3 Å². The number of carbonyl (C=O) groups is 6. The van der Waals surface area contributed by atoms with E-state index in [0.29, 0.717) is 16.9 Å². The quantitative estimate of drug-likeness (QED) is 0.115. The molecule has 5 amide bonds. The molecule has 0 saturated heterocycles. The Balaban J connectivity index is 1.34. The third-order valence-corrected chi connectivity index (χ3v) is 10.2. The standard InChI is InChI=1S/C42H41N5O9S/c48-36-24-37(49)44-34(23-31-9-5-19-57-31)40(52)45-32(20-25-10-14-28(15-11-25)27-6-2-1-3-7-27)38(50)46-33(22-30-8-4-18-56-30)39(51)47-35(42(54)55)21-26-12-16-29(17-13-26)43-41(36)53/h1-19,32-36,48H,20-24H2,(H,43,53)(H,44,49)(H,45,52)(H,46,50)(H,47,51)(H,54,55). The minimum atomic E-state index is -1.78. The molecule has 5 unspecified atom stereocenters. The van der Waals surface area contributed by atoms with Crippen molar-refractivity contribution >= 4 is 52.5 Å². The van der Waals surface area contributed by atoms with Gasteiger partial charge in [0.1, 0.15) is 36.0 Å². The molecule has 5 atom stereocenters. The molecule has 5 aromatic rings. The van der Waals surface area contributed by atoms with Gasteiger partial charge in [0.15, 0.2) is 0 Å². The second-order valence-corrected chi connectivity index (χ2v) is 14.6. The van der Waals surface area contributed by atoms with Crippen LogP contribution in [0.5, 0.6) is 0 Å². The van der Waals surface area contributed by atoms with Gasteiger partial charge in [0.05, 0.1) is 12.7 Å². The summed E-state index contributed by atoms with van der Waals surface area (Å²) in [5, 5.41) is 35.7. The molecule has 0 aliphatic carbocycles. The van der Waals surface area contributed by atoms with E-state index in [0.717, 1.165) is 16.0 Å². The molecule has 0 radical (unpaired) electrons. The number of nitrogens with one attached hydrogen (secondary N) is 5. The normalized spacial score (nSPS) is 21.3. The number of fused-ring (bicyclic) bond motifs is 18. The van der Waals surface area contributed by atoms with E-state index in [1.807, 2.05) is 54.6 Å². The fraction of sp³-hybridized carbons (Fsp3) is 0.238. The molecule has 2 aliphatic rings. The molecule has 4 heterocycles. The fourth-order valence-electron chi connectivity index (χ4n) is 6.31. The summed E-state index contributed by atoms with van der Waals surface area (Å²) in [6.45, 7) is 0. The SMILES string of the molecule is O=C1CC(O)C(=O)Nc2ccc(cc2)CC(C(=O)O)NC(=O)C(Cc2ccco2)NC(=O)C(Cc2ccc(-c3ccccc3)cc2)NC(=O)C(Cc2cccs2)N1. The zero-order valence-corrected chi connectivity index (χ0v) is 31.4. The van der Waals surface area contributed by atoms with Crippen LogP contribution in [-0.4, -0.2) is 76.0 Å². The molecule has 57 heavy (non-hydrogen) atoms. The molecule has 2 aromatic heterocycles. The molecule has 14 nitrogen and oxygen atoms in total. The highest BCUT2D eigenvalue weighted by Gasteiger charge is 2.33. The highest BCUT2D eigenvalue weighted by atomic mass is 32.1. The molecule has 15 heteroatoms. The van der Waals surface area contributed by atoms with Gasteiger partial charge in [-0.15, -0.1) is 11.3 Å². The van der Waals surface area contributed by atoms with Crippen molar-refractivity contribution in [2.75, 3.05) is 5.32 Å². The lowest BCUT2D eigenvalue weighted by Crippen LogP contribution is -2.59.